The van der Waals surface area contributed by atoms with Gasteiger partial charge in [0.15, 0.2) is 0 Å². The number of aliphatic hydroxyl groups excluding tert-OH is 1. The summed E-state index contributed by atoms with van der Waals surface area (Å²) in [4.78, 5) is 24.7. The van der Waals surface area contributed by atoms with Crippen molar-refractivity contribution in [2.75, 3.05) is 18.4 Å². The van der Waals surface area contributed by atoms with Gasteiger partial charge in [0.05, 0.1) is 17.4 Å². The van der Waals surface area contributed by atoms with E-state index in [9.17, 15) is 14.7 Å². The number of aromatic carboxylic acids is 1. The van der Waals surface area contributed by atoms with E-state index in [1.54, 1.807) is 17.9 Å². The van der Waals surface area contributed by atoms with E-state index in [2.05, 4.69) is 21.2 Å². The Labute approximate surface area is 130 Å². The molecule has 21 heavy (non-hydrogen) atoms. The highest BCUT2D eigenvalue weighted by atomic mass is 79.9. The van der Waals surface area contributed by atoms with Gasteiger partial charge in [0.2, 0.25) is 0 Å². The minimum absolute atomic E-state index is 0.105. The maximum atomic E-state index is 12.1. The summed E-state index contributed by atoms with van der Waals surface area (Å²) in [5.41, 5.74) is 0.667. The number of amides is 2. The van der Waals surface area contributed by atoms with Gasteiger partial charge in [0.1, 0.15) is 0 Å². The Balaban J connectivity index is 2.02. The molecule has 0 spiro atoms. The molecule has 2 rings (SSSR count). The molecule has 0 saturated carbocycles. The Kier molecular flexibility index (Phi) is 4.84. The van der Waals surface area contributed by atoms with Crippen LogP contribution >= 0.6 is 15.9 Å². The second-order valence-corrected chi connectivity index (χ2v) is 6.02. The topological polar surface area (TPSA) is 89.9 Å². The number of hydrogen-bond acceptors (Lipinski definition) is 3. The highest BCUT2D eigenvalue weighted by Crippen LogP contribution is 2.25. The summed E-state index contributed by atoms with van der Waals surface area (Å²) < 4.78 is 0.516. The van der Waals surface area contributed by atoms with Gasteiger partial charge in [-0.1, -0.05) is 0 Å². The minimum atomic E-state index is -1.02. The average molecular weight is 357 g/mol. The molecule has 1 aromatic carbocycles. The zero-order valence-corrected chi connectivity index (χ0v) is 13.1. The molecule has 2 amide bonds. The molecule has 114 valence electrons. The number of urea groups is 1. The molecule has 1 fully saturated rings. The Morgan fingerprint density at radius 3 is 2.71 bits per heavy atom. The molecule has 2 atom stereocenters. The van der Waals surface area contributed by atoms with Crippen LogP contribution in [-0.2, 0) is 0 Å². The van der Waals surface area contributed by atoms with E-state index in [0.29, 0.717) is 23.2 Å². The van der Waals surface area contributed by atoms with Crippen LogP contribution in [0.5, 0.6) is 0 Å². The van der Waals surface area contributed by atoms with Crippen molar-refractivity contribution in [2.24, 2.45) is 5.92 Å². The molecule has 3 N–H and O–H groups in total. The van der Waals surface area contributed by atoms with Crippen LogP contribution in [0, 0.1) is 5.92 Å². The van der Waals surface area contributed by atoms with Crippen molar-refractivity contribution in [2.45, 2.75) is 19.4 Å². The van der Waals surface area contributed by atoms with Crippen molar-refractivity contribution < 1.29 is 19.8 Å². The van der Waals surface area contributed by atoms with Gasteiger partial charge >= 0.3 is 12.0 Å². The van der Waals surface area contributed by atoms with Crippen LogP contribution in [0.1, 0.15) is 23.7 Å². The number of carboxylic acids is 1. The lowest BCUT2D eigenvalue weighted by Gasteiger charge is -2.19. The predicted octanol–water partition coefficient (Wildman–Crippen LogP) is 2.38. The predicted molar refractivity (Wildman–Crippen MR) is 81.5 cm³/mol. The van der Waals surface area contributed by atoms with Crippen LogP contribution in [0.3, 0.4) is 0 Å². The van der Waals surface area contributed by atoms with E-state index >= 15 is 0 Å². The van der Waals surface area contributed by atoms with Crippen molar-refractivity contribution in [3.8, 4) is 0 Å². The van der Waals surface area contributed by atoms with Gasteiger partial charge in [-0.3, -0.25) is 0 Å². The van der Waals surface area contributed by atoms with Crippen molar-refractivity contribution in [3.05, 3.63) is 28.2 Å². The molecule has 6 nitrogen and oxygen atoms in total. The van der Waals surface area contributed by atoms with Gasteiger partial charge in [-0.15, -0.1) is 0 Å². The first-order valence-electron chi connectivity index (χ1n) is 6.65. The molecule has 1 aromatic rings. The summed E-state index contributed by atoms with van der Waals surface area (Å²) >= 11 is 3.25. The van der Waals surface area contributed by atoms with Gasteiger partial charge in [-0.25, -0.2) is 9.59 Å². The van der Waals surface area contributed by atoms with Gasteiger partial charge in [-0.2, -0.15) is 0 Å². The normalized spacial score (nSPS) is 19.4. The van der Waals surface area contributed by atoms with Gasteiger partial charge in [-0.05, 0) is 47.5 Å². The molecular weight excluding hydrogens is 340 g/mol. The maximum Gasteiger partial charge on any atom is 0.335 e. The van der Waals surface area contributed by atoms with Crippen molar-refractivity contribution in [1.29, 1.82) is 0 Å². The standard InChI is InChI=1S/C14H17BrN2O4/c1-8(18)10-4-5-17(7-10)14(21)16-12-3-2-9(13(19)20)6-11(12)15/h2-3,6,8,10,18H,4-5,7H2,1H3,(H,16,21)(H,19,20). The Hall–Kier alpha value is -1.60. The molecule has 1 aliphatic rings. The molecular formula is C14H17BrN2O4. The number of hydrogen-bond donors (Lipinski definition) is 3. The van der Waals surface area contributed by atoms with Crippen LogP contribution < -0.4 is 5.32 Å². The van der Waals surface area contributed by atoms with Gasteiger partial charge < -0.3 is 20.4 Å². The first-order chi connectivity index (χ1) is 9.88. The van der Waals surface area contributed by atoms with Crippen LogP contribution in [0.4, 0.5) is 10.5 Å². The van der Waals surface area contributed by atoms with Crippen LogP contribution in [-0.4, -0.2) is 46.3 Å². The van der Waals surface area contributed by atoms with E-state index < -0.39 is 12.1 Å². The zero-order chi connectivity index (χ0) is 15.6. The number of carbonyl (C=O) groups excluding carboxylic acids is 1. The third-order valence-electron chi connectivity index (χ3n) is 3.65. The summed E-state index contributed by atoms with van der Waals surface area (Å²) in [6, 6.07) is 4.18. The lowest BCUT2D eigenvalue weighted by Crippen LogP contribution is -2.34. The summed E-state index contributed by atoms with van der Waals surface area (Å²) in [7, 11) is 0. The third kappa shape index (κ3) is 3.74. The van der Waals surface area contributed by atoms with E-state index in [-0.39, 0.29) is 17.5 Å². The summed E-state index contributed by atoms with van der Waals surface area (Å²) in [5, 5.41) is 21.2. The van der Waals surface area contributed by atoms with E-state index in [1.807, 2.05) is 0 Å². The van der Waals surface area contributed by atoms with Crippen molar-refractivity contribution in [3.63, 3.8) is 0 Å². The number of rotatable bonds is 3. The second kappa shape index (κ2) is 6.44. The highest BCUT2D eigenvalue weighted by molar-refractivity contribution is 9.10. The molecule has 1 saturated heterocycles. The first kappa shape index (κ1) is 15.8. The fourth-order valence-electron chi connectivity index (χ4n) is 2.31. The van der Waals surface area contributed by atoms with Crippen molar-refractivity contribution >= 4 is 33.6 Å². The fraction of sp³-hybridized carbons (Fsp3) is 0.429. The molecule has 0 aromatic heterocycles. The van der Waals surface area contributed by atoms with Gasteiger partial charge in [0.25, 0.3) is 0 Å². The summed E-state index contributed by atoms with van der Waals surface area (Å²) in [6.45, 7) is 2.86. The second-order valence-electron chi connectivity index (χ2n) is 5.17. The monoisotopic (exact) mass is 356 g/mol. The molecule has 1 aliphatic heterocycles. The number of anilines is 1. The summed E-state index contributed by atoms with van der Waals surface area (Å²) in [6.07, 6.45) is 0.355. The van der Waals surface area contributed by atoms with Gasteiger partial charge in [0, 0.05) is 23.5 Å². The smallest absolute Gasteiger partial charge is 0.335 e. The molecule has 0 aliphatic carbocycles. The zero-order valence-electron chi connectivity index (χ0n) is 11.5. The molecule has 0 bridgehead atoms. The third-order valence-corrected chi connectivity index (χ3v) is 4.31. The lowest BCUT2D eigenvalue weighted by molar-refractivity contribution is 0.0696. The molecule has 7 heteroatoms. The molecule has 2 unspecified atom stereocenters. The number of halogens is 1. The first-order valence-corrected chi connectivity index (χ1v) is 7.44. The number of likely N-dealkylation sites (tertiary alicyclic amines) is 1. The average Bonchev–Trinajstić information content (AvgIpc) is 2.90. The summed E-state index contributed by atoms with van der Waals surface area (Å²) in [5.74, 6) is -0.915. The highest BCUT2D eigenvalue weighted by Gasteiger charge is 2.29. The Morgan fingerprint density at radius 2 is 2.19 bits per heavy atom. The number of carboxylic acid groups (broad SMARTS) is 1. The number of nitrogens with zero attached hydrogens (tertiary/aromatic N) is 1. The number of aliphatic hydroxyl groups is 1. The maximum absolute atomic E-state index is 12.1. The number of benzene rings is 1. The molecule has 0 radical (unpaired) electrons. The minimum Gasteiger partial charge on any atom is -0.478 e. The Morgan fingerprint density at radius 1 is 1.48 bits per heavy atom. The van der Waals surface area contributed by atoms with E-state index in [4.69, 9.17) is 5.11 Å². The number of nitrogens with one attached hydrogen (secondary N) is 1. The van der Waals surface area contributed by atoms with Crippen molar-refractivity contribution in [1.82, 2.24) is 4.90 Å². The fourth-order valence-corrected chi connectivity index (χ4v) is 2.79. The lowest BCUT2D eigenvalue weighted by atomic mass is 10.0. The Bertz CT molecular complexity index is 562. The van der Waals surface area contributed by atoms with Crippen LogP contribution in [0.2, 0.25) is 0 Å². The molecule has 1 heterocycles. The van der Waals surface area contributed by atoms with Crippen LogP contribution in [0.25, 0.3) is 0 Å². The van der Waals surface area contributed by atoms with E-state index in [1.165, 1.54) is 12.1 Å². The SMILES string of the molecule is CC(O)C1CCN(C(=O)Nc2ccc(C(=O)O)cc2Br)C1. The number of carbonyl (C=O) groups is 2. The largest absolute Gasteiger partial charge is 0.478 e. The quantitative estimate of drug-likeness (QED) is 0.775. The van der Waals surface area contributed by atoms with Crippen LogP contribution in [0.15, 0.2) is 22.7 Å². The van der Waals surface area contributed by atoms with E-state index in [0.717, 1.165) is 6.42 Å².